The highest BCUT2D eigenvalue weighted by atomic mass is 16.4. The van der Waals surface area contributed by atoms with E-state index >= 15 is 0 Å². The molecule has 0 aliphatic carbocycles. The van der Waals surface area contributed by atoms with E-state index in [1.807, 2.05) is 93.6 Å². The molecule has 0 radical (unpaired) electrons. The number of fused-ring (bicyclic) bond motifs is 10. The number of hydrogen-bond donors (Lipinski definition) is 2. The van der Waals surface area contributed by atoms with Gasteiger partial charge in [0, 0.05) is 49.9 Å². The van der Waals surface area contributed by atoms with Crippen molar-refractivity contribution in [2.24, 2.45) is 5.92 Å². The molecular weight excluding hydrogens is 653 g/mol. The number of Topliss-reactive ketones (excluding diaryl/α,β-unsaturated/α-hetero) is 1. The quantitative estimate of drug-likeness (QED) is 0.180. The highest BCUT2D eigenvalue weighted by molar-refractivity contribution is 5.98. The Morgan fingerprint density at radius 2 is 1.17 bits per heavy atom. The normalized spacial score (nSPS) is 13.3. The van der Waals surface area contributed by atoms with E-state index in [0.717, 1.165) is 45.6 Å². The van der Waals surface area contributed by atoms with Crippen molar-refractivity contribution in [3.63, 3.8) is 0 Å². The van der Waals surface area contributed by atoms with E-state index < -0.39 is 5.97 Å². The maximum absolute atomic E-state index is 13.3. The van der Waals surface area contributed by atoms with E-state index in [4.69, 9.17) is 24.9 Å². The SMILES string of the molecule is Cc1cccc(-c2cccc(CN3Cc4cccc(n4)-c4cccc(n4)CNCc4cc(C(=O)C(C)C)cc(n4)-c4cc(C(=O)O)cc(n4)C3)n2)n1. The first-order chi connectivity index (χ1) is 25.2. The predicted octanol–water partition coefficient (Wildman–Crippen LogP) is 6.71. The number of ketones is 1. The van der Waals surface area contributed by atoms with Crippen molar-refractivity contribution >= 4 is 11.8 Å². The van der Waals surface area contributed by atoms with Gasteiger partial charge < -0.3 is 10.4 Å². The monoisotopic (exact) mass is 690 g/mol. The number of pyridine rings is 6. The van der Waals surface area contributed by atoms with Crippen LogP contribution in [0.3, 0.4) is 0 Å². The minimum Gasteiger partial charge on any atom is -0.478 e. The number of carboxylic acid groups (broad SMARTS) is 1. The average Bonchev–Trinajstić information content (AvgIpc) is 3.14. The van der Waals surface area contributed by atoms with Gasteiger partial charge in [-0.25, -0.2) is 29.7 Å². The summed E-state index contributed by atoms with van der Waals surface area (Å²) in [4.78, 5) is 57.2. The number of nitrogens with zero attached hydrogens (tertiary/aromatic N) is 7. The zero-order valence-electron chi connectivity index (χ0n) is 29.2. The van der Waals surface area contributed by atoms with E-state index in [-0.39, 0.29) is 23.8 Å². The Morgan fingerprint density at radius 1 is 0.635 bits per heavy atom. The topological polar surface area (TPSA) is 147 Å². The summed E-state index contributed by atoms with van der Waals surface area (Å²) in [7, 11) is 0. The zero-order chi connectivity index (χ0) is 36.2. The Labute approximate surface area is 301 Å². The standard InChI is InChI=1S/C41H38N8O3/c1-25(2)40(50)27-16-32-21-42-20-29-9-5-13-36(44-29)37-15-7-11-31(46-37)23-49(22-30-10-6-14-35(45-30)34-12-4-8-26(3)43-34)24-33-17-28(41(51)52)19-39(48-33)38(18-27)47-32/h4-19,25,42H,20-24H2,1-3H3,(H,51,52). The van der Waals surface area contributed by atoms with Gasteiger partial charge in [0.1, 0.15) is 0 Å². The summed E-state index contributed by atoms with van der Waals surface area (Å²) in [5, 5.41) is 13.6. The lowest BCUT2D eigenvalue weighted by molar-refractivity contribution is 0.0696. The van der Waals surface area contributed by atoms with Crippen LogP contribution in [0, 0.1) is 12.8 Å². The molecule has 6 aromatic rings. The van der Waals surface area contributed by atoms with Gasteiger partial charge in [-0.2, -0.15) is 0 Å². The average molecular weight is 691 g/mol. The number of carbonyl (C=O) groups is 2. The molecule has 6 aromatic heterocycles. The Balaban J connectivity index is 1.34. The molecule has 1 aliphatic heterocycles. The molecular formula is C41H38N8O3. The third kappa shape index (κ3) is 8.12. The first kappa shape index (κ1) is 34.4. The van der Waals surface area contributed by atoms with Gasteiger partial charge in [0.2, 0.25) is 0 Å². The Morgan fingerprint density at radius 3 is 1.88 bits per heavy atom. The number of carbonyl (C=O) groups excluding carboxylic acids is 1. The van der Waals surface area contributed by atoms with Crippen LogP contribution in [0.15, 0.2) is 97.1 Å². The van der Waals surface area contributed by atoms with Crippen molar-refractivity contribution in [1.82, 2.24) is 40.1 Å². The van der Waals surface area contributed by atoms with Gasteiger partial charge >= 0.3 is 5.97 Å². The van der Waals surface area contributed by atoms with Crippen LogP contribution in [0.4, 0.5) is 0 Å². The summed E-state index contributed by atoms with van der Waals surface area (Å²) in [5.74, 6) is -1.36. The first-order valence-corrected chi connectivity index (χ1v) is 17.2. The molecule has 7 rings (SSSR count). The molecule has 0 saturated heterocycles. The van der Waals surface area contributed by atoms with Crippen LogP contribution in [0.1, 0.15) is 68.7 Å². The zero-order valence-corrected chi connectivity index (χ0v) is 29.2. The van der Waals surface area contributed by atoms with Crippen LogP contribution >= 0.6 is 0 Å². The van der Waals surface area contributed by atoms with Gasteiger partial charge in [0.05, 0.1) is 68.2 Å². The molecule has 11 heteroatoms. The van der Waals surface area contributed by atoms with Crippen molar-refractivity contribution in [3.8, 4) is 34.2 Å². The van der Waals surface area contributed by atoms with E-state index in [1.54, 1.807) is 18.2 Å². The summed E-state index contributed by atoms with van der Waals surface area (Å²) in [5.41, 5.74) is 8.91. The van der Waals surface area contributed by atoms with Crippen molar-refractivity contribution in [2.45, 2.75) is 53.5 Å². The number of aromatic carboxylic acids is 1. The van der Waals surface area contributed by atoms with Gasteiger partial charge in [0.25, 0.3) is 0 Å². The van der Waals surface area contributed by atoms with Crippen LogP contribution in [-0.2, 0) is 32.7 Å². The van der Waals surface area contributed by atoms with Crippen LogP contribution in [0.2, 0.25) is 0 Å². The number of aromatic nitrogens is 6. The fourth-order valence-corrected chi connectivity index (χ4v) is 6.21. The Kier molecular flexibility index (Phi) is 9.96. The minimum atomic E-state index is -1.09. The van der Waals surface area contributed by atoms with Crippen LogP contribution in [0.25, 0.3) is 34.2 Å². The number of nitrogens with one attached hydrogen (secondary N) is 1. The summed E-state index contributed by atoms with van der Waals surface area (Å²) >= 11 is 0. The molecule has 0 aromatic carbocycles. The molecule has 0 fully saturated rings. The lowest BCUT2D eigenvalue weighted by Gasteiger charge is -2.22. The maximum Gasteiger partial charge on any atom is 0.335 e. The Bertz CT molecular complexity index is 2290. The summed E-state index contributed by atoms with van der Waals surface area (Å²) in [6.07, 6.45) is 0. The molecule has 2 N–H and O–H groups in total. The van der Waals surface area contributed by atoms with Crippen molar-refractivity contribution in [1.29, 1.82) is 0 Å². The molecule has 0 spiro atoms. The molecule has 0 amide bonds. The number of hydrogen-bond acceptors (Lipinski definition) is 10. The smallest absolute Gasteiger partial charge is 0.335 e. The molecule has 0 atom stereocenters. The van der Waals surface area contributed by atoms with E-state index in [0.29, 0.717) is 54.5 Å². The highest BCUT2D eigenvalue weighted by Crippen LogP contribution is 2.25. The minimum absolute atomic E-state index is 0.0357. The second-order valence-corrected chi connectivity index (χ2v) is 13.2. The molecule has 11 nitrogen and oxygen atoms in total. The third-order valence-electron chi connectivity index (χ3n) is 8.68. The molecule has 0 saturated carbocycles. The van der Waals surface area contributed by atoms with Gasteiger partial charge in [-0.1, -0.05) is 38.1 Å². The molecule has 7 heterocycles. The lowest BCUT2D eigenvalue weighted by Crippen LogP contribution is -2.24. The molecule has 8 bridgehead atoms. The fourth-order valence-electron chi connectivity index (χ4n) is 6.21. The molecule has 52 heavy (non-hydrogen) atoms. The van der Waals surface area contributed by atoms with E-state index in [1.165, 1.54) is 6.07 Å². The summed E-state index contributed by atoms with van der Waals surface area (Å²) in [6.45, 7) is 7.58. The molecule has 0 unspecified atom stereocenters. The molecule has 1 aliphatic rings. The number of rotatable bonds is 6. The second kappa shape index (κ2) is 15.1. The highest BCUT2D eigenvalue weighted by Gasteiger charge is 2.20. The van der Waals surface area contributed by atoms with Gasteiger partial charge in [0.15, 0.2) is 5.78 Å². The summed E-state index contributed by atoms with van der Waals surface area (Å²) < 4.78 is 0. The third-order valence-corrected chi connectivity index (χ3v) is 8.68. The van der Waals surface area contributed by atoms with Crippen molar-refractivity contribution < 1.29 is 14.7 Å². The Hall–Kier alpha value is -6.04. The van der Waals surface area contributed by atoms with E-state index in [9.17, 15) is 14.7 Å². The fraction of sp³-hybridized carbons (Fsp3) is 0.220. The van der Waals surface area contributed by atoms with Gasteiger partial charge in [-0.15, -0.1) is 0 Å². The van der Waals surface area contributed by atoms with Crippen LogP contribution in [-0.4, -0.2) is 51.7 Å². The predicted molar refractivity (Wildman–Crippen MR) is 197 cm³/mol. The van der Waals surface area contributed by atoms with Gasteiger partial charge in [-0.05, 0) is 79.7 Å². The maximum atomic E-state index is 13.3. The number of aryl methyl sites for hydroxylation is 1. The number of carboxylic acids is 1. The molecule has 260 valence electrons. The first-order valence-electron chi connectivity index (χ1n) is 17.2. The van der Waals surface area contributed by atoms with Gasteiger partial charge in [-0.3, -0.25) is 14.7 Å². The lowest BCUT2D eigenvalue weighted by atomic mass is 9.99. The summed E-state index contributed by atoms with van der Waals surface area (Å²) in [6, 6.07) is 30.1. The van der Waals surface area contributed by atoms with Crippen LogP contribution in [0.5, 0.6) is 0 Å². The van der Waals surface area contributed by atoms with Crippen molar-refractivity contribution in [3.05, 3.63) is 142 Å². The van der Waals surface area contributed by atoms with E-state index in [2.05, 4.69) is 15.2 Å². The van der Waals surface area contributed by atoms with Crippen molar-refractivity contribution in [2.75, 3.05) is 0 Å². The van der Waals surface area contributed by atoms with Crippen LogP contribution < -0.4 is 5.32 Å². The largest absolute Gasteiger partial charge is 0.478 e. The second-order valence-electron chi connectivity index (χ2n) is 13.2.